The van der Waals surface area contributed by atoms with Crippen molar-refractivity contribution in [1.29, 1.82) is 0 Å². The minimum absolute atomic E-state index is 0.219. The van der Waals surface area contributed by atoms with E-state index in [0.29, 0.717) is 11.3 Å². The minimum Gasteiger partial charge on any atom is -0.394 e. The van der Waals surface area contributed by atoms with Gasteiger partial charge in [0.2, 0.25) is 0 Å². The summed E-state index contributed by atoms with van der Waals surface area (Å²) in [4.78, 5) is 12.8. The summed E-state index contributed by atoms with van der Waals surface area (Å²) in [5, 5.41) is 31.3. The number of rotatable bonds is 2. The lowest BCUT2D eigenvalue weighted by molar-refractivity contribution is -0.0147. The number of hydrogen-bond donors (Lipinski definition) is 4. The average molecular weight is 258 g/mol. The molecule has 0 aromatic heterocycles. The van der Waals surface area contributed by atoms with Crippen LogP contribution in [0, 0.1) is 0 Å². The first-order valence-corrected chi connectivity index (χ1v) is 5.81. The predicted octanol–water partition coefficient (Wildman–Crippen LogP) is -1.60. The summed E-state index contributed by atoms with van der Waals surface area (Å²) in [5.74, 6) is 0. The van der Waals surface area contributed by atoms with Gasteiger partial charge in [0.05, 0.1) is 6.61 Å². The van der Waals surface area contributed by atoms with E-state index in [2.05, 4.69) is 5.32 Å². The SMILES string of the molecule is CC1=C([C@@H]2O[C@H](CO)C(O)[C@@H]2O)CNC(=O)N1C. The number of ether oxygens (including phenoxy) is 1. The van der Waals surface area contributed by atoms with Crippen LogP contribution in [0.1, 0.15) is 6.92 Å². The summed E-state index contributed by atoms with van der Waals surface area (Å²) in [6.07, 6.45) is -3.73. The van der Waals surface area contributed by atoms with Gasteiger partial charge in [-0.25, -0.2) is 4.79 Å². The number of carbonyl (C=O) groups is 1. The molecule has 7 nitrogen and oxygen atoms in total. The average Bonchev–Trinajstić information content (AvgIpc) is 2.64. The van der Waals surface area contributed by atoms with Crippen LogP contribution in [0.3, 0.4) is 0 Å². The number of nitrogens with one attached hydrogen (secondary N) is 1. The van der Waals surface area contributed by atoms with Gasteiger partial charge in [0, 0.05) is 19.3 Å². The maximum atomic E-state index is 11.4. The van der Waals surface area contributed by atoms with Crippen LogP contribution in [0.2, 0.25) is 0 Å². The lowest BCUT2D eigenvalue weighted by Gasteiger charge is -2.31. The van der Waals surface area contributed by atoms with E-state index in [0.717, 1.165) is 0 Å². The van der Waals surface area contributed by atoms with Crippen molar-refractivity contribution >= 4 is 6.03 Å². The van der Waals surface area contributed by atoms with Gasteiger partial charge in [-0.2, -0.15) is 0 Å². The van der Waals surface area contributed by atoms with Gasteiger partial charge < -0.3 is 30.3 Å². The van der Waals surface area contributed by atoms with Crippen molar-refractivity contribution < 1.29 is 24.9 Å². The Morgan fingerprint density at radius 2 is 2.11 bits per heavy atom. The van der Waals surface area contributed by atoms with E-state index >= 15 is 0 Å². The Bertz CT molecular complexity index is 384. The third kappa shape index (κ3) is 1.99. The number of urea groups is 1. The Morgan fingerprint density at radius 3 is 2.67 bits per heavy atom. The highest BCUT2D eigenvalue weighted by molar-refractivity contribution is 5.77. The topological polar surface area (TPSA) is 102 Å². The summed E-state index contributed by atoms with van der Waals surface area (Å²) >= 11 is 0. The standard InChI is InChI=1S/C11H18N2O5/c1-5-6(3-12-11(17)13(5)2)10-9(16)8(15)7(4-14)18-10/h7-10,14-16H,3-4H2,1-2H3,(H,12,17)/t7-,8?,9+,10+/m1/s1. The summed E-state index contributed by atoms with van der Waals surface area (Å²) in [6, 6.07) is -0.219. The molecule has 2 amide bonds. The third-order valence-corrected chi connectivity index (χ3v) is 3.59. The molecule has 102 valence electrons. The van der Waals surface area contributed by atoms with E-state index in [9.17, 15) is 15.0 Å². The molecular formula is C11H18N2O5. The summed E-state index contributed by atoms with van der Waals surface area (Å²) < 4.78 is 5.44. The molecule has 0 spiro atoms. The zero-order valence-electron chi connectivity index (χ0n) is 10.3. The molecule has 0 aliphatic carbocycles. The highest BCUT2D eigenvalue weighted by Gasteiger charge is 2.45. The molecular weight excluding hydrogens is 240 g/mol. The van der Waals surface area contributed by atoms with Crippen LogP contribution in [-0.2, 0) is 4.74 Å². The second-order valence-electron chi connectivity index (χ2n) is 4.59. The van der Waals surface area contributed by atoms with E-state index in [1.807, 2.05) is 0 Å². The fourth-order valence-corrected chi connectivity index (χ4v) is 2.28. The number of hydrogen-bond acceptors (Lipinski definition) is 5. The highest BCUT2D eigenvalue weighted by Crippen LogP contribution is 2.29. The zero-order chi connectivity index (χ0) is 13.4. The van der Waals surface area contributed by atoms with E-state index in [-0.39, 0.29) is 19.2 Å². The van der Waals surface area contributed by atoms with Crippen molar-refractivity contribution in [2.75, 3.05) is 20.2 Å². The lowest BCUT2D eigenvalue weighted by atomic mass is 9.99. The van der Waals surface area contributed by atoms with Crippen molar-refractivity contribution in [1.82, 2.24) is 10.2 Å². The van der Waals surface area contributed by atoms with Crippen LogP contribution < -0.4 is 5.32 Å². The molecule has 0 radical (unpaired) electrons. The van der Waals surface area contributed by atoms with Crippen LogP contribution in [0.4, 0.5) is 4.79 Å². The van der Waals surface area contributed by atoms with Crippen LogP contribution in [0.5, 0.6) is 0 Å². The smallest absolute Gasteiger partial charge is 0.321 e. The molecule has 2 aliphatic rings. The lowest BCUT2D eigenvalue weighted by Crippen LogP contribution is -2.46. The predicted molar refractivity (Wildman–Crippen MR) is 61.6 cm³/mol. The maximum Gasteiger partial charge on any atom is 0.321 e. The summed E-state index contributed by atoms with van der Waals surface area (Å²) in [7, 11) is 1.62. The molecule has 2 heterocycles. The normalized spacial score (nSPS) is 37.2. The summed E-state index contributed by atoms with van der Waals surface area (Å²) in [5.41, 5.74) is 1.40. The Labute approximate surface area is 105 Å². The largest absolute Gasteiger partial charge is 0.394 e. The van der Waals surface area contributed by atoms with Crippen LogP contribution in [0.25, 0.3) is 0 Å². The number of amides is 2. The molecule has 0 aromatic rings. The molecule has 1 unspecified atom stereocenters. The fourth-order valence-electron chi connectivity index (χ4n) is 2.28. The minimum atomic E-state index is -1.12. The van der Waals surface area contributed by atoms with Gasteiger partial charge in [0.15, 0.2) is 0 Å². The second-order valence-corrected chi connectivity index (χ2v) is 4.59. The Hall–Kier alpha value is -1.15. The van der Waals surface area contributed by atoms with Crippen molar-refractivity contribution in [2.45, 2.75) is 31.3 Å². The highest BCUT2D eigenvalue weighted by atomic mass is 16.6. The number of allylic oxidation sites excluding steroid dienone is 1. The first-order chi connectivity index (χ1) is 8.47. The quantitative estimate of drug-likeness (QED) is 0.477. The van der Waals surface area contributed by atoms with Gasteiger partial charge in [0.1, 0.15) is 24.4 Å². The van der Waals surface area contributed by atoms with Gasteiger partial charge in [0.25, 0.3) is 0 Å². The second kappa shape index (κ2) is 4.85. The van der Waals surface area contributed by atoms with Gasteiger partial charge in [-0.3, -0.25) is 0 Å². The van der Waals surface area contributed by atoms with Gasteiger partial charge in [-0.15, -0.1) is 0 Å². The van der Waals surface area contributed by atoms with E-state index in [1.54, 1.807) is 14.0 Å². The zero-order valence-corrected chi connectivity index (χ0v) is 10.3. The van der Waals surface area contributed by atoms with Gasteiger partial charge in [-0.1, -0.05) is 0 Å². The first kappa shape index (κ1) is 13.3. The van der Waals surface area contributed by atoms with Crippen molar-refractivity contribution in [2.24, 2.45) is 0 Å². The van der Waals surface area contributed by atoms with Crippen LogP contribution in [0.15, 0.2) is 11.3 Å². The van der Waals surface area contributed by atoms with Crippen LogP contribution in [-0.4, -0.2) is 70.9 Å². The number of nitrogens with zero attached hydrogens (tertiary/aromatic N) is 1. The van der Waals surface area contributed by atoms with Gasteiger partial charge >= 0.3 is 6.03 Å². The Kier molecular flexibility index (Phi) is 3.58. The molecule has 4 atom stereocenters. The molecule has 0 saturated carbocycles. The Morgan fingerprint density at radius 1 is 1.44 bits per heavy atom. The fraction of sp³-hybridized carbons (Fsp3) is 0.727. The van der Waals surface area contributed by atoms with Crippen molar-refractivity contribution in [3.05, 3.63) is 11.3 Å². The molecule has 7 heteroatoms. The van der Waals surface area contributed by atoms with Crippen molar-refractivity contribution in [3.63, 3.8) is 0 Å². The summed E-state index contributed by atoms with van der Waals surface area (Å²) in [6.45, 7) is 1.66. The Balaban J connectivity index is 2.24. The van der Waals surface area contributed by atoms with Crippen molar-refractivity contribution in [3.8, 4) is 0 Å². The van der Waals surface area contributed by atoms with E-state index in [4.69, 9.17) is 9.84 Å². The molecule has 1 fully saturated rings. The number of aliphatic hydroxyl groups is 3. The number of aliphatic hydroxyl groups excluding tert-OH is 3. The third-order valence-electron chi connectivity index (χ3n) is 3.59. The van der Waals surface area contributed by atoms with E-state index in [1.165, 1.54) is 4.90 Å². The first-order valence-electron chi connectivity index (χ1n) is 5.81. The molecule has 0 aromatic carbocycles. The monoisotopic (exact) mass is 258 g/mol. The molecule has 2 rings (SSSR count). The van der Waals surface area contributed by atoms with Crippen LogP contribution >= 0.6 is 0 Å². The van der Waals surface area contributed by atoms with Gasteiger partial charge in [-0.05, 0) is 12.5 Å². The molecule has 2 aliphatic heterocycles. The van der Waals surface area contributed by atoms with E-state index < -0.39 is 24.4 Å². The maximum absolute atomic E-state index is 11.4. The molecule has 0 bridgehead atoms. The molecule has 4 N–H and O–H groups in total. The molecule has 1 saturated heterocycles. The molecule has 18 heavy (non-hydrogen) atoms. The number of carbonyl (C=O) groups excluding carboxylic acids is 1.